The Balaban J connectivity index is 2.23. The normalized spacial score (nSPS) is 16.7. The van der Waals surface area contributed by atoms with E-state index in [1.54, 1.807) is 6.07 Å². The summed E-state index contributed by atoms with van der Waals surface area (Å²) in [6.07, 6.45) is 9.93. The molecular formula is C14H15Cl2NO. The van der Waals surface area contributed by atoms with E-state index in [0.717, 1.165) is 31.3 Å². The van der Waals surface area contributed by atoms with Crippen molar-refractivity contribution in [3.63, 3.8) is 0 Å². The zero-order valence-electron chi connectivity index (χ0n) is 10.1. The second-order valence-electron chi connectivity index (χ2n) is 4.50. The van der Waals surface area contributed by atoms with Gasteiger partial charge in [-0.2, -0.15) is 0 Å². The van der Waals surface area contributed by atoms with Gasteiger partial charge in [0.25, 0.3) is 0 Å². The van der Waals surface area contributed by atoms with E-state index < -0.39 is 0 Å². The highest BCUT2D eigenvalue weighted by Crippen LogP contribution is 2.24. The maximum atomic E-state index is 12.3. The van der Waals surface area contributed by atoms with Crippen molar-refractivity contribution >= 4 is 29.0 Å². The molecule has 1 aliphatic rings. The molecule has 1 aromatic heterocycles. The van der Waals surface area contributed by atoms with Crippen molar-refractivity contribution in [2.24, 2.45) is 0 Å². The molecule has 0 atom stereocenters. The first-order valence-corrected chi connectivity index (χ1v) is 6.99. The van der Waals surface area contributed by atoms with Crippen LogP contribution in [-0.4, -0.2) is 10.8 Å². The van der Waals surface area contributed by atoms with E-state index in [9.17, 15) is 4.79 Å². The molecule has 1 aromatic rings. The Labute approximate surface area is 117 Å². The van der Waals surface area contributed by atoms with Crippen LogP contribution in [0.15, 0.2) is 23.9 Å². The third-order valence-electron chi connectivity index (χ3n) is 3.11. The molecule has 0 radical (unpaired) electrons. The number of Topliss-reactive ketones (excluding diaryl/α,β-unsaturated/α-hetero) is 1. The van der Waals surface area contributed by atoms with E-state index in [1.807, 2.05) is 6.08 Å². The second kappa shape index (κ2) is 6.35. The van der Waals surface area contributed by atoms with Gasteiger partial charge in [0.15, 0.2) is 0 Å². The summed E-state index contributed by atoms with van der Waals surface area (Å²) >= 11 is 11.8. The zero-order valence-corrected chi connectivity index (χ0v) is 11.6. The van der Waals surface area contributed by atoms with Crippen molar-refractivity contribution in [2.75, 3.05) is 0 Å². The zero-order chi connectivity index (χ0) is 13.0. The molecule has 0 unspecified atom stereocenters. The van der Waals surface area contributed by atoms with Gasteiger partial charge >= 0.3 is 0 Å². The van der Waals surface area contributed by atoms with Gasteiger partial charge in [-0.3, -0.25) is 4.79 Å². The average Bonchev–Trinajstić information content (AvgIpc) is 2.27. The van der Waals surface area contributed by atoms with E-state index in [1.165, 1.54) is 19.0 Å². The Morgan fingerprint density at radius 1 is 1.17 bits per heavy atom. The summed E-state index contributed by atoms with van der Waals surface area (Å²) in [7, 11) is 0. The fourth-order valence-corrected chi connectivity index (χ4v) is 2.60. The van der Waals surface area contributed by atoms with Crippen LogP contribution in [0.25, 0.3) is 0 Å². The van der Waals surface area contributed by atoms with Crippen molar-refractivity contribution in [3.05, 3.63) is 39.7 Å². The number of aromatic nitrogens is 1. The highest BCUT2D eigenvalue weighted by molar-refractivity contribution is 6.37. The lowest BCUT2D eigenvalue weighted by molar-refractivity contribution is 0.102. The van der Waals surface area contributed by atoms with Crippen molar-refractivity contribution < 1.29 is 4.79 Å². The molecule has 0 N–H and O–H groups in total. The Morgan fingerprint density at radius 2 is 1.94 bits per heavy atom. The standard InChI is InChI=1S/C14H15Cl2NO/c15-11-8-12(16)13(17-9-11)14(18)10-6-4-2-1-3-5-7-10/h6,8-9H,1-5,7H2. The fourth-order valence-electron chi connectivity index (χ4n) is 2.13. The number of hydrogen-bond acceptors (Lipinski definition) is 2. The number of pyridine rings is 1. The first kappa shape index (κ1) is 13.6. The van der Waals surface area contributed by atoms with Crippen molar-refractivity contribution in [3.8, 4) is 0 Å². The molecule has 2 rings (SSSR count). The lowest BCUT2D eigenvalue weighted by Gasteiger charge is -2.10. The number of rotatable bonds is 2. The quantitative estimate of drug-likeness (QED) is 0.726. The van der Waals surface area contributed by atoms with Crippen molar-refractivity contribution in [1.29, 1.82) is 0 Å². The number of allylic oxidation sites excluding steroid dienone is 2. The summed E-state index contributed by atoms with van der Waals surface area (Å²) in [5.41, 5.74) is 1.15. The molecule has 0 aliphatic heterocycles. The van der Waals surface area contributed by atoms with Gasteiger partial charge in [0.1, 0.15) is 5.69 Å². The third-order valence-corrected chi connectivity index (χ3v) is 3.60. The SMILES string of the molecule is O=C(C1=CCCCCCC1)c1ncc(Cl)cc1Cl. The van der Waals surface area contributed by atoms with Gasteiger partial charge < -0.3 is 0 Å². The molecular weight excluding hydrogens is 269 g/mol. The minimum atomic E-state index is -0.0569. The molecule has 0 spiro atoms. The Kier molecular flexibility index (Phi) is 4.79. The second-order valence-corrected chi connectivity index (χ2v) is 5.34. The van der Waals surface area contributed by atoms with Gasteiger partial charge in [-0.15, -0.1) is 0 Å². The van der Waals surface area contributed by atoms with Crippen LogP contribution in [0.1, 0.15) is 49.0 Å². The maximum Gasteiger partial charge on any atom is 0.208 e. The number of carbonyl (C=O) groups excluding carboxylic acids is 1. The fraction of sp³-hybridized carbons (Fsp3) is 0.429. The smallest absolute Gasteiger partial charge is 0.208 e. The summed E-state index contributed by atoms with van der Waals surface area (Å²) in [5, 5.41) is 0.777. The number of ketones is 1. The van der Waals surface area contributed by atoms with Gasteiger partial charge in [-0.1, -0.05) is 42.1 Å². The largest absolute Gasteiger partial charge is 0.287 e. The lowest BCUT2D eigenvalue weighted by Crippen LogP contribution is -2.08. The number of carbonyl (C=O) groups is 1. The van der Waals surface area contributed by atoms with E-state index in [4.69, 9.17) is 23.2 Å². The molecule has 96 valence electrons. The van der Waals surface area contributed by atoms with Gasteiger partial charge in [-0.05, 0) is 37.3 Å². The van der Waals surface area contributed by atoms with Gasteiger partial charge in [0.2, 0.25) is 5.78 Å². The molecule has 2 nitrogen and oxygen atoms in total. The minimum Gasteiger partial charge on any atom is -0.287 e. The van der Waals surface area contributed by atoms with Crippen LogP contribution in [-0.2, 0) is 0 Å². The summed E-state index contributed by atoms with van der Waals surface area (Å²) in [4.78, 5) is 16.4. The topological polar surface area (TPSA) is 30.0 Å². The van der Waals surface area contributed by atoms with E-state index in [0.29, 0.717) is 15.7 Å². The highest BCUT2D eigenvalue weighted by Gasteiger charge is 2.17. The molecule has 18 heavy (non-hydrogen) atoms. The number of nitrogens with zero attached hydrogens (tertiary/aromatic N) is 1. The van der Waals surface area contributed by atoms with Crippen LogP contribution >= 0.6 is 23.2 Å². The molecule has 0 bridgehead atoms. The lowest BCUT2D eigenvalue weighted by atomic mass is 9.96. The summed E-state index contributed by atoms with van der Waals surface area (Å²) in [6, 6.07) is 1.56. The van der Waals surface area contributed by atoms with Gasteiger partial charge in [0.05, 0.1) is 10.0 Å². The van der Waals surface area contributed by atoms with E-state index in [-0.39, 0.29) is 5.78 Å². The molecule has 0 saturated heterocycles. The third kappa shape index (κ3) is 3.33. The number of hydrogen-bond donors (Lipinski definition) is 0. The minimum absolute atomic E-state index is 0.0569. The summed E-state index contributed by atoms with van der Waals surface area (Å²) in [5.74, 6) is -0.0569. The monoisotopic (exact) mass is 283 g/mol. The molecule has 0 aromatic carbocycles. The van der Waals surface area contributed by atoms with E-state index in [2.05, 4.69) is 4.98 Å². The van der Waals surface area contributed by atoms with Crippen LogP contribution in [0.5, 0.6) is 0 Å². The molecule has 1 heterocycles. The van der Waals surface area contributed by atoms with Crippen LogP contribution in [0.3, 0.4) is 0 Å². The summed E-state index contributed by atoms with van der Waals surface area (Å²) < 4.78 is 0. The molecule has 0 amide bonds. The van der Waals surface area contributed by atoms with E-state index >= 15 is 0 Å². The maximum absolute atomic E-state index is 12.3. The van der Waals surface area contributed by atoms with Crippen molar-refractivity contribution in [2.45, 2.75) is 38.5 Å². The molecule has 4 heteroatoms. The predicted octanol–water partition coefficient (Wildman–Crippen LogP) is 4.85. The average molecular weight is 284 g/mol. The Hall–Kier alpha value is -0.860. The predicted molar refractivity (Wildman–Crippen MR) is 74.4 cm³/mol. The first-order valence-electron chi connectivity index (χ1n) is 6.23. The Bertz CT molecular complexity index is 483. The van der Waals surface area contributed by atoms with Gasteiger partial charge in [0, 0.05) is 6.20 Å². The molecule has 0 fully saturated rings. The highest BCUT2D eigenvalue weighted by atomic mass is 35.5. The first-order chi connectivity index (χ1) is 8.68. The molecule has 1 aliphatic carbocycles. The Morgan fingerprint density at radius 3 is 2.72 bits per heavy atom. The molecule has 0 saturated carbocycles. The van der Waals surface area contributed by atoms with Crippen LogP contribution in [0, 0.1) is 0 Å². The summed E-state index contributed by atoms with van der Waals surface area (Å²) in [6.45, 7) is 0. The van der Waals surface area contributed by atoms with Gasteiger partial charge in [-0.25, -0.2) is 4.98 Å². The van der Waals surface area contributed by atoms with Crippen LogP contribution < -0.4 is 0 Å². The van der Waals surface area contributed by atoms with Crippen LogP contribution in [0.2, 0.25) is 10.0 Å². The van der Waals surface area contributed by atoms with Crippen LogP contribution in [0.4, 0.5) is 0 Å². The number of halogens is 2. The van der Waals surface area contributed by atoms with Crippen molar-refractivity contribution in [1.82, 2.24) is 4.98 Å².